The Bertz CT molecular complexity index is 1340. The summed E-state index contributed by atoms with van der Waals surface area (Å²) in [5, 5.41) is 16.2. The average Bonchev–Trinajstić information content (AvgIpc) is 3.41. The van der Waals surface area contributed by atoms with Gasteiger partial charge in [-0.05, 0) is 44.5 Å². The van der Waals surface area contributed by atoms with Crippen LogP contribution in [0.4, 0.5) is 10.5 Å². The molecular weight excluding hydrogens is 416 g/mol. The molecule has 2 aromatic heterocycles. The third-order valence-electron chi connectivity index (χ3n) is 6.08. The number of nitrogens with one attached hydrogen (secondary N) is 1. The number of aryl methyl sites for hydroxylation is 4. The van der Waals surface area contributed by atoms with Gasteiger partial charge in [0, 0.05) is 42.5 Å². The Hall–Kier alpha value is -3.94. The van der Waals surface area contributed by atoms with Gasteiger partial charge >= 0.3 is 6.03 Å². The van der Waals surface area contributed by atoms with Gasteiger partial charge < -0.3 is 14.6 Å². The molecule has 8 heteroatoms. The maximum atomic E-state index is 13.0. The maximum absolute atomic E-state index is 13.0. The van der Waals surface area contributed by atoms with Gasteiger partial charge in [0.05, 0.1) is 6.54 Å². The first-order valence-electron chi connectivity index (χ1n) is 11.0. The number of carbonyl (C=O) groups excluding carboxylic acids is 1. The second-order valence-corrected chi connectivity index (χ2v) is 8.60. The van der Waals surface area contributed by atoms with E-state index in [0.29, 0.717) is 37.0 Å². The van der Waals surface area contributed by atoms with E-state index >= 15 is 0 Å². The zero-order valence-electron chi connectivity index (χ0n) is 19.2. The van der Waals surface area contributed by atoms with Crippen LogP contribution in [0.2, 0.25) is 0 Å². The Balaban J connectivity index is 1.40. The van der Waals surface area contributed by atoms with Crippen molar-refractivity contribution in [3.63, 3.8) is 0 Å². The summed E-state index contributed by atoms with van der Waals surface area (Å²) in [5.41, 5.74) is 7.70. The molecule has 0 bridgehead atoms. The topological polar surface area (TPSA) is 89.1 Å². The van der Waals surface area contributed by atoms with E-state index in [2.05, 4.69) is 26.7 Å². The number of aromatic nitrogens is 4. The number of fused-ring (bicyclic) bond motifs is 1. The van der Waals surface area contributed by atoms with Gasteiger partial charge in [0.2, 0.25) is 5.89 Å². The van der Waals surface area contributed by atoms with Crippen molar-refractivity contribution in [2.45, 2.75) is 33.7 Å². The average molecular weight is 443 g/mol. The van der Waals surface area contributed by atoms with E-state index < -0.39 is 0 Å². The van der Waals surface area contributed by atoms with Gasteiger partial charge in [0.1, 0.15) is 0 Å². The van der Waals surface area contributed by atoms with Gasteiger partial charge in [-0.2, -0.15) is 5.10 Å². The molecule has 0 saturated carbocycles. The molecule has 1 aliphatic rings. The third kappa shape index (κ3) is 4.00. The molecule has 0 radical (unpaired) electrons. The van der Waals surface area contributed by atoms with E-state index in [0.717, 1.165) is 39.2 Å². The summed E-state index contributed by atoms with van der Waals surface area (Å²) in [6.07, 6.45) is 0.706. The van der Waals surface area contributed by atoms with Gasteiger partial charge in [-0.1, -0.05) is 35.4 Å². The van der Waals surface area contributed by atoms with Crippen LogP contribution in [0.3, 0.4) is 0 Å². The molecule has 0 saturated heterocycles. The summed E-state index contributed by atoms with van der Waals surface area (Å²) < 4.78 is 7.82. The summed E-state index contributed by atoms with van der Waals surface area (Å²) in [6, 6.07) is 13.8. The molecule has 2 aromatic carbocycles. The predicted molar refractivity (Wildman–Crippen MR) is 126 cm³/mol. The van der Waals surface area contributed by atoms with Crippen molar-refractivity contribution in [1.29, 1.82) is 0 Å². The first-order chi connectivity index (χ1) is 15.9. The largest absolute Gasteiger partial charge is 0.415 e. The smallest absolute Gasteiger partial charge is 0.322 e. The highest BCUT2D eigenvalue weighted by Gasteiger charge is 2.29. The van der Waals surface area contributed by atoms with Crippen LogP contribution in [0, 0.1) is 20.8 Å². The molecule has 0 unspecified atom stereocenters. The van der Waals surface area contributed by atoms with Gasteiger partial charge in [0.25, 0.3) is 5.89 Å². The van der Waals surface area contributed by atoms with Crippen molar-refractivity contribution in [2.75, 3.05) is 11.9 Å². The molecule has 5 rings (SSSR count). The standard InChI is InChI=1S/C25H26N6O2/c1-15-5-8-18(9-6-15)23-27-28-24(33-23)22-19-14-31(12-11-21(19)30(4)29-22)25(32)26-20-10-7-16(2)13-17(20)3/h5-10,13H,11-12,14H2,1-4H3,(H,26,32). The fourth-order valence-corrected chi connectivity index (χ4v) is 4.22. The fraction of sp³-hybridized carbons (Fsp3) is 0.280. The Labute approximate surface area is 192 Å². The third-order valence-corrected chi connectivity index (χ3v) is 6.08. The number of urea groups is 1. The molecule has 0 spiro atoms. The second-order valence-electron chi connectivity index (χ2n) is 8.60. The molecule has 168 valence electrons. The zero-order chi connectivity index (χ0) is 23.1. The molecule has 1 N–H and O–H groups in total. The van der Waals surface area contributed by atoms with Crippen LogP contribution in [0.1, 0.15) is 27.9 Å². The highest BCUT2D eigenvalue weighted by atomic mass is 16.4. The molecule has 0 aliphatic carbocycles. The summed E-state index contributed by atoms with van der Waals surface area (Å²) in [5.74, 6) is 0.809. The lowest BCUT2D eigenvalue weighted by atomic mass is 10.1. The van der Waals surface area contributed by atoms with E-state index in [1.807, 2.05) is 68.9 Å². The number of anilines is 1. The summed E-state index contributed by atoms with van der Waals surface area (Å²) in [7, 11) is 1.91. The molecule has 33 heavy (non-hydrogen) atoms. The molecule has 2 amide bonds. The van der Waals surface area contributed by atoms with E-state index in [1.54, 1.807) is 4.90 Å². The number of nitrogens with zero attached hydrogens (tertiary/aromatic N) is 5. The minimum atomic E-state index is -0.131. The lowest BCUT2D eigenvalue weighted by Gasteiger charge is -2.28. The monoisotopic (exact) mass is 442 g/mol. The van der Waals surface area contributed by atoms with Crippen molar-refractivity contribution < 1.29 is 9.21 Å². The van der Waals surface area contributed by atoms with E-state index in [1.165, 1.54) is 0 Å². The van der Waals surface area contributed by atoms with Gasteiger partial charge in [-0.3, -0.25) is 4.68 Å². The lowest BCUT2D eigenvalue weighted by molar-refractivity contribution is 0.206. The maximum Gasteiger partial charge on any atom is 0.322 e. The molecule has 8 nitrogen and oxygen atoms in total. The fourth-order valence-electron chi connectivity index (χ4n) is 4.22. The van der Waals surface area contributed by atoms with Crippen LogP contribution in [-0.2, 0) is 20.0 Å². The van der Waals surface area contributed by atoms with Crippen molar-refractivity contribution in [3.8, 4) is 23.0 Å². The Kier molecular flexibility index (Phi) is 5.20. The summed E-state index contributed by atoms with van der Waals surface area (Å²) >= 11 is 0. The number of hydrogen-bond acceptors (Lipinski definition) is 5. The number of benzene rings is 2. The van der Waals surface area contributed by atoms with Gasteiger partial charge in [-0.25, -0.2) is 4.79 Å². The Morgan fingerprint density at radius 2 is 1.73 bits per heavy atom. The molecule has 0 fully saturated rings. The van der Waals surface area contributed by atoms with Crippen LogP contribution in [-0.4, -0.2) is 37.5 Å². The highest BCUT2D eigenvalue weighted by molar-refractivity contribution is 5.90. The van der Waals surface area contributed by atoms with Crippen molar-refractivity contribution in [1.82, 2.24) is 24.9 Å². The second kappa shape index (κ2) is 8.20. The summed E-state index contributed by atoms with van der Waals surface area (Å²) in [6.45, 7) is 7.11. The predicted octanol–water partition coefficient (Wildman–Crippen LogP) is 4.65. The van der Waals surface area contributed by atoms with E-state index in [9.17, 15) is 4.79 Å². The normalized spacial score (nSPS) is 13.2. The first kappa shape index (κ1) is 20.9. The van der Waals surface area contributed by atoms with Crippen LogP contribution in [0.5, 0.6) is 0 Å². The number of carbonyl (C=O) groups is 1. The van der Waals surface area contributed by atoms with E-state index in [4.69, 9.17) is 4.42 Å². The number of amides is 2. The lowest BCUT2D eigenvalue weighted by Crippen LogP contribution is -2.39. The van der Waals surface area contributed by atoms with Crippen LogP contribution in [0.25, 0.3) is 23.0 Å². The van der Waals surface area contributed by atoms with Gasteiger partial charge in [-0.15, -0.1) is 10.2 Å². The first-order valence-corrected chi connectivity index (χ1v) is 11.0. The van der Waals surface area contributed by atoms with Crippen LogP contribution in [0.15, 0.2) is 46.9 Å². The molecule has 4 aromatic rings. The quantitative estimate of drug-likeness (QED) is 0.499. The Morgan fingerprint density at radius 3 is 2.48 bits per heavy atom. The molecule has 0 atom stereocenters. The van der Waals surface area contributed by atoms with Crippen LogP contribution < -0.4 is 5.32 Å². The van der Waals surface area contributed by atoms with Crippen molar-refractivity contribution in [2.24, 2.45) is 7.05 Å². The van der Waals surface area contributed by atoms with Crippen LogP contribution >= 0.6 is 0 Å². The summed E-state index contributed by atoms with van der Waals surface area (Å²) in [4.78, 5) is 14.8. The SMILES string of the molecule is Cc1ccc(-c2nnc(-c3nn(C)c4c3CN(C(=O)Nc3ccc(C)cc3C)CC4)o2)cc1. The number of rotatable bonds is 3. The number of hydrogen-bond donors (Lipinski definition) is 1. The molecule has 1 aliphatic heterocycles. The van der Waals surface area contributed by atoms with Crippen molar-refractivity contribution >= 4 is 11.7 Å². The van der Waals surface area contributed by atoms with Gasteiger partial charge in [0.15, 0.2) is 5.69 Å². The minimum absolute atomic E-state index is 0.131. The zero-order valence-corrected chi connectivity index (χ0v) is 19.2. The Morgan fingerprint density at radius 1 is 1.00 bits per heavy atom. The molecule has 3 heterocycles. The minimum Gasteiger partial charge on any atom is -0.415 e. The highest BCUT2D eigenvalue weighted by Crippen LogP contribution is 2.31. The van der Waals surface area contributed by atoms with Crippen molar-refractivity contribution in [3.05, 3.63) is 70.4 Å². The van der Waals surface area contributed by atoms with E-state index in [-0.39, 0.29) is 6.03 Å². The molecular formula is C25H26N6O2.